The molecule has 0 saturated heterocycles. The third-order valence-electron chi connectivity index (χ3n) is 2.90. The van der Waals surface area contributed by atoms with Crippen LogP contribution < -0.4 is 11.1 Å². The number of Topliss-reactive ketones (excluding diaryl/α,β-unsaturated/α-hetero) is 1. The van der Waals surface area contributed by atoms with Crippen LogP contribution in [0, 0.1) is 0 Å². The van der Waals surface area contributed by atoms with Gasteiger partial charge in [-0.3, -0.25) is 9.78 Å². The lowest BCUT2D eigenvalue weighted by Crippen LogP contribution is -2.33. The van der Waals surface area contributed by atoms with Crippen LogP contribution in [-0.4, -0.2) is 16.8 Å². The molecule has 0 aliphatic heterocycles. The molecule has 2 aromatic rings. The summed E-state index contributed by atoms with van der Waals surface area (Å²) in [5.74, 6) is 0.0518. The van der Waals surface area contributed by atoms with Crippen molar-refractivity contribution >= 4 is 11.5 Å². The van der Waals surface area contributed by atoms with Crippen molar-refractivity contribution in [1.82, 2.24) is 10.3 Å². The van der Waals surface area contributed by atoms with Crippen LogP contribution in [0.1, 0.15) is 23.0 Å². The molecular formula is C15H17N3O. The van der Waals surface area contributed by atoms with E-state index in [0.29, 0.717) is 17.8 Å². The van der Waals surface area contributed by atoms with Gasteiger partial charge in [-0.25, -0.2) is 0 Å². The second-order valence-electron chi connectivity index (χ2n) is 4.41. The Morgan fingerprint density at radius 1 is 1.26 bits per heavy atom. The number of nitrogens with two attached hydrogens (primary N) is 1. The van der Waals surface area contributed by atoms with Crippen LogP contribution in [0.4, 0.5) is 5.69 Å². The average molecular weight is 255 g/mol. The zero-order chi connectivity index (χ0) is 13.7. The summed E-state index contributed by atoms with van der Waals surface area (Å²) in [7, 11) is 0. The molecule has 0 aliphatic rings. The van der Waals surface area contributed by atoms with E-state index in [9.17, 15) is 4.79 Å². The molecule has 1 aromatic heterocycles. The Morgan fingerprint density at radius 3 is 2.63 bits per heavy atom. The third kappa shape index (κ3) is 3.63. The zero-order valence-corrected chi connectivity index (χ0v) is 10.8. The zero-order valence-electron chi connectivity index (χ0n) is 10.8. The Kier molecular flexibility index (Phi) is 4.26. The molecule has 0 bridgehead atoms. The van der Waals surface area contributed by atoms with Crippen LogP contribution in [0.5, 0.6) is 0 Å². The van der Waals surface area contributed by atoms with E-state index in [4.69, 9.17) is 5.73 Å². The maximum atomic E-state index is 12.2. The summed E-state index contributed by atoms with van der Waals surface area (Å²) in [6, 6.07) is 12.4. The first kappa shape index (κ1) is 13.2. The lowest BCUT2D eigenvalue weighted by Gasteiger charge is -2.12. The molecule has 3 N–H and O–H groups in total. The van der Waals surface area contributed by atoms with E-state index in [-0.39, 0.29) is 11.8 Å². The average Bonchev–Trinajstić information content (AvgIpc) is 2.46. The summed E-state index contributed by atoms with van der Waals surface area (Å²) >= 11 is 0. The number of carbonyl (C=O) groups excluding carboxylic acids is 1. The predicted molar refractivity (Wildman–Crippen MR) is 75.7 cm³/mol. The normalized spacial score (nSPS) is 12.1. The van der Waals surface area contributed by atoms with Crippen molar-refractivity contribution in [3.05, 3.63) is 59.9 Å². The number of carbonyl (C=O) groups is 1. The van der Waals surface area contributed by atoms with E-state index in [0.717, 1.165) is 5.69 Å². The van der Waals surface area contributed by atoms with Gasteiger partial charge < -0.3 is 11.1 Å². The monoisotopic (exact) mass is 255 g/mol. The van der Waals surface area contributed by atoms with Gasteiger partial charge in [0.25, 0.3) is 0 Å². The summed E-state index contributed by atoms with van der Waals surface area (Å²) in [4.78, 5) is 16.4. The Balaban J connectivity index is 1.94. The highest BCUT2D eigenvalue weighted by atomic mass is 16.1. The molecule has 2 rings (SSSR count). The van der Waals surface area contributed by atoms with Gasteiger partial charge >= 0.3 is 0 Å². The van der Waals surface area contributed by atoms with Gasteiger partial charge in [-0.2, -0.15) is 0 Å². The van der Waals surface area contributed by atoms with Gasteiger partial charge in [0.1, 0.15) is 0 Å². The maximum absolute atomic E-state index is 12.2. The largest absolute Gasteiger partial charge is 0.399 e. The number of nitrogens with zero attached hydrogens (tertiary/aromatic N) is 1. The van der Waals surface area contributed by atoms with Gasteiger partial charge in [-0.1, -0.05) is 6.07 Å². The summed E-state index contributed by atoms with van der Waals surface area (Å²) in [6.07, 6.45) is 1.74. The minimum absolute atomic E-state index is 0.0518. The Bertz CT molecular complexity index is 537. The molecule has 1 atom stereocenters. The van der Waals surface area contributed by atoms with Gasteiger partial charge in [-0.05, 0) is 43.3 Å². The van der Waals surface area contributed by atoms with Crippen molar-refractivity contribution in [2.75, 3.05) is 5.73 Å². The second-order valence-corrected chi connectivity index (χ2v) is 4.41. The molecule has 0 saturated carbocycles. The number of rotatable bonds is 5. The highest BCUT2D eigenvalue weighted by molar-refractivity contribution is 6.00. The quantitative estimate of drug-likeness (QED) is 0.633. The molecule has 4 nitrogen and oxygen atoms in total. The number of hydrogen-bond donors (Lipinski definition) is 2. The lowest BCUT2D eigenvalue weighted by atomic mass is 10.1. The predicted octanol–water partition coefficient (Wildman–Crippen LogP) is 2.02. The van der Waals surface area contributed by atoms with Crippen LogP contribution >= 0.6 is 0 Å². The van der Waals surface area contributed by atoms with E-state index in [1.807, 2.05) is 25.1 Å². The number of hydrogen-bond acceptors (Lipinski definition) is 4. The number of benzene rings is 1. The van der Waals surface area contributed by atoms with Crippen molar-refractivity contribution < 1.29 is 4.79 Å². The number of nitrogens with one attached hydrogen (secondary N) is 1. The van der Waals surface area contributed by atoms with Gasteiger partial charge in [0.15, 0.2) is 5.78 Å². The summed E-state index contributed by atoms with van der Waals surface area (Å²) < 4.78 is 0. The van der Waals surface area contributed by atoms with Gasteiger partial charge in [0, 0.05) is 24.0 Å². The van der Waals surface area contributed by atoms with Crippen molar-refractivity contribution in [3.63, 3.8) is 0 Å². The first-order chi connectivity index (χ1) is 9.16. The van der Waals surface area contributed by atoms with Crippen LogP contribution in [-0.2, 0) is 6.54 Å². The summed E-state index contributed by atoms with van der Waals surface area (Å²) in [6.45, 7) is 2.42. The van der Waals surface area contributed by atoms with E-state index >= 15 is 0 Å². The molecule has 1 unspecified atom stereocenters. The molecule has 0 radical (unpaired) electrons. The molecule has 98 valence electrons. The van der Waals surface area contributed by atoms with Crippen molar-refractivity contribution in [2.24, 2.45) is 0 Å². The van der Waals surface area contributed by atoms with Crippen LogP contribution in [0.25, 0.3) is 0 Å². The van der Waals surface area contributed by atoms with Crippen molar-refractivity contribution in [3.8, 4) is 0 Å². The fraction of sp³-hybridized carbons (Fsp3) is 0.200. The molecule has 0 aliphatic carbocycles. The summed E-state index contributed by atoms with van der Waals surface area (Å²) in [5, 5.41) is 3.17. The highest BCUT2D eigenvalue weighted by Crippen LogP contribution is 2.08. The van der Waals surface area contributed by atoms with Crippen molar-refractivity contribution in [2.45, 2.75) is 19.5 Å². The molecule has 19 heavy (non-hydrogen) atoms. The Morgan fingerprint density at radius 2 is 2.00 bits per heavy atom. The summed E-state index contributed by atoms with van der Waals surface area (Å²) in [5.41, 5.74) is 7.84. The van der Waals surface area contributed by atoms with Gasteiger partial charge in [0.05, 0.1) is 11.7 Å². The number of nitrogen functional groups attached to an aromatic ring is 1. The topological polar surface area (TPSA) is 68.0 Å². The lowest BCUT2D eigenvalue weighted by molar-refractivity contribution is 0.0950. The van der Waals surface area contributed by atoms with E-state index in [1.165, 1.54) is 0 Å². The molecule has 0 amide bonds. The van der Waals surface area contributed by atoms with Crippen molar-refractivity contribution in [1.29, 1.82) is 0 Å². The number of anilines is 1. The minimum Gasteiger partial charge on any atom is -0.399 e. The number of ketones is 1. The molecular weight excluding hydrogens is 238 g/mol. The van der Waals surface area contributed by atoms with Crippen LogP contribution in [0.2, 0.25) is 0 Å². The van der Waals surface area contributed by atoms with Gasteiger partial charge in [-0.15, -0.1) is 0 Å². The Hall–Kier alpha value is -2.20. The standard InChI is InChI=1S/C15H17N3O/c1-11(18-10-14-4-2-3-9-17-14)15(19)12-5-7-13(16)8-6-12/h2-9,11,18H,10,16H2,1H3. The van der Waals surface area contributed by atoms with Crippen LogP contribution in [0.3, 0.4) is 0 Å². The molecule has 1 aromatic carbocycles. The fourth-order valence-electron chi connectivity index (χ4n) is 1.75. The maximum Gasteiger partial charge on any atom is 0.179 e. The second kappa shape index (κ2) is 6.11. The first-order valence-corrected chi connectivity index (χ1v) is 6.20. The number of pyridine rings is 1. The highest BCUT2D eigenvalue weighted by Gasteiger charge is 2.14. The Labute approximate surface area is 112 Å². The van der Waals surface area contributed by atoms with Crippen LogP contribution in [0.15, 0.2) is 48.7 Å². The minimum atomic E-state index is -0.259. The molecule has 0 spiro atoms. The van der Waals surface area contributed by atoms with E-state index < -0.39 is 0 Å². The third-order valence-corrected chi connectivity index (χ3v) is 2.90. The molecule has 1 heterocycles. The molecule has 4 heteroatoms. The van der Waals surface area contributed by atoms with E-state index in [1.54, 1.807) is 30.5 Å². The fourth-order valence-corrected chi connectivity index (χ4v) is 1.75. The SMILES string of the molecule is CC(NCc1ccccn1)C(=O)c1ccc(N)cc1. The number of aromatic nitrogens is 1. The smallest absolute Gasteiger partial charge is 0.179 e. The first-order valence-electron chi connectivity index (χ1n) is 6.20. The molecule has 0 fully saturated rings. The van der Waals surface area contributed by atoms with Gasteiger partial charge in [0.2, 0.25) is 0 Å². The van der Waals surface area contributed by atoms with E-state index in [2.05, 4.69) is 10.3 Å².